The van der Waals surface area contributed by atoms with Gasteiger partial charge in [0.15, 0.2) is 0 Å². The van der Waals surface area contributed by atoms with E-state index in [9.17, 15) is 0 Å². The standard InChI is InChI=1S/C27H29.C20H27.C2H6Si.2ClH.Zr/c1-2-18-13-23-4-3-5-25(26(23)14-18)22-6-8-24(9-7-22)27-15-19-10-20(16-27)12-21(11-19)17-27;1-4-15(3)19-7-5-6-17-12-18(13-20(17)19)16-10-8-14(2)9-11-16;1-3-2;;;/h3-9,13-14,19-21H,2,10-12,15-17H2,1H3;5-7,12-16H,4,8-11H2,1-3H3;1-2H3;2*1H;/q2*-1;;;;+4/p-2. The van der Waals surface area contributed by atoms with Crippen LogP contribution in [0.25, 0.3) is 32.7 Å². The van der Waals surface area contributed by atoms with Crippen LogP contribution >= 0.6 is 17.0 Å². The molecule has 2 radical (unpaired) electrons. The zero-order valence-electron chi connectivity index (χ0n) is 33.3. The van der Waals surface area contributed by atoms with E-state index < -0.39 is 20.8 Å². The molecular weight excluding hydrogens is 779 g/mol. The molecule has 5 aromatic carbocycles. The topological polar surface area (TPSA) is 0 Å². The SMILES string of the molecule is CCC(C)c1cccc2[cH-]c(C3CCC(C)CC3)cc12.CCc1cc2c(-c3ccc(C45CC6CC(CC(C6)C4)C5)cc3)cccc2[cH-]1.C[Si]C.[Cl][Zr+2][Cl]. The summed E-state index contributed by atoms with van der Waals surface area (Å²) >= 11 is -0.826. The van der Waals surface area contributed by atoms with Gasteiger partial charge in [-0.1, -0.05) is 108 Å². The van der Waals surface area contributed by atoms with Crippen molar-refractivity contribution in [3.05, 3.63) is 107 Å². The van der Waals surface area contributed by atoms with E-state index in [0.29, 0.717) is 11.3 Å². The summed E-state index contributed by atoms with van der Waals surface area (Å²) in [5.41, 5.74) is 9.50. The Hall–Kier alpha value is -1.44. The Kier molecular flexibility index (Phi) is 14.9. The van der Waals surface area contributed by atoms with Gasteiger partial charge in [-0.25, -0.2) is 0 Å². The Bertz CT molecular complexity index is 1840. The van der Waals surface area contributed by atoms with Crippen molar-refractivity contribution >= 4 is 48.1 Å². The van der Waals surface area contributed by atoms with E-state index in [2.05, 4.69) is 126 Å². The first-order valence-corrected chi connectivity index (χ1v) is 29.1. The molecule has 5 aromatic rings. The van der Waals surface area contributed by atoms with Crippen molar-refractivity contribution < 1.29 is 20.8 Å². The molecule has 1 atom stereocenters. The maximum absolute atomic E-state index is 4.93. The average Bonchev–Trinajstić information content (AvgIpc) is 3.80. The van der Waals surface area contributed by atoms with Crippen LogP contribution in [-0.2, 0) is 32.7 Å². The summed E-state index contributed by atoms with van der Waals surface area (Å²) in [5, 5.41) is 5.76. The predicted octanol–water partition coefficient (Wildman–Crippen LogP) is 15.8. The van der Waals surface area contributed by atoms with Gasteiger partial charge in [-0.15, -0.1) is 69.1 Å². The van der Waals surface area contributed by atoms with Crippen molar-refractivity contribution in [3.63, 3.8) is 0 Å². The van der Waals surface area contributed by atoms with E-state index in [1.807, 2.05) is 0 Å². The molecule has 0 aromatic heterocycles. The van der Waals surface area contributed by atoms with E-state index in [1.54, 1.807) is 16.7 Å². The van der Waals surface area contributed by atoms with Crippen molar-refractivity contribution in [3.8, 4) is 11.1 Å². The first kappa shape index (κ1) is 41.2. The van der Waals surface area contributed by atoms with E-state index in [0.717, 1.165) is 45.5 Å². The summed E-state index contributed by atoms with van der Waals surface area (Å²) < 4.78 is 0. The van der Waals surface area contributed by atoms with Crippen LogP contribution in [0.15, 0.2) is 84.9 Å². The van der Waals surface area contributed by atoms with Crippen LogP contribution in [-0.4, -0.2) is 9.52 Å². The molecule has 4 heteroatoms. The Morgan fingerprint density at radius 2 is 1.34 bits per heavy atom. The van der Waals surface area contributed by atoms with Gasteiger partial charge in [-0.3, -0.25) is 0 Å². The van der Waals surface area contributed by atoms with Crippen molar-refractivity contribution in [2.75, 3.05) is 0 Å². The van der Waals surface area contributed by atoms with Crippen LogP contribution in [0.3, 0.4) is 0 Å². The molecule has 0 spiro atoms. The first-order valence-electron chi connectivity index (χ1n) is 20.8. The molecule has 0 heterocycles. The van der Waals surface area contributed by atoms with Crippen molar-refractivity contribution in [1.82, 2.24) is 0 Å². The monoisotopic (exact) mass is 838 g/mol. The van der Waals surface area contributed by atoms with Crippen molar-refractivity contribution in [2.24, 2.45) is 23.7 Å². The molecule has 5 fully saturated rings. The van der Waals surface area contributed by atoms with Gasteiger partial charge in [0.2, 0.25) is 0 Å². The maximum atomic E-state index is 4.93. The number of fused-ring (bicyclic) bond motifs is 2. The number of benzene rings is 3. The van der Waals surface area contributed by atoms with Crippen LogP contribution in [0.5, 0.6) is 0 Å². The number of hydrogen-bond donors (Lipinski definition) is 0. The van der Waals surface area contributed by atoms with Crippen LogP contribution in [0.1, 0.15) is 132 Å². The Morgan fingerprint density at radius 1 is 0.774 bits per heavy atom. The van der Waals surface area contributed by atoms with Gasteiger partial charge >= 0.3 is 37.9 Å². The molecule has 0 aliphatic heterocycles. The molecule has 280 valence electrons. The van der Waals surface area contributed by atoms with Gasteiger partial charge < -0.3 is 0 Å². The van der Waals surface area contributed by atoms with E-state index >= 15 is 0 Å². The number of rotatable bonds is 6. The van der Waals surface area contributed by atoms with Crippen LogP contribution in [0.2, 0.25) is 13.1 Å². The second kappa shape index (κ2) is 19.1. The fraction of sp³-hybridized carbons (Fsp3) is 0.510. The minimum absolute atomic E-state index is 0.509. The zero-order valence-corrected chi connectivity index (χ0v) is 38.3. The van der Waals surface area contributed by atoms with Crippen LogP contribution in [0.4, 0.5) is 0 Å². The predicted molar refractivity (Wildman–Crippen MR) is 232 cm³/mol. The molecule has 0 nitrogen and oxygen atoms in total. The molecule has 0 saturated heterocycles. The number of hydrogen-bond acceptors (Lipinski definition) is 0. The third-order valence-corrected chi connectivity index (χ3v) is 13.5. The fourth-order valence-electron chi connectivity index (χ4n) is 11.0. The third-order valence-electron chi connectivity index (χ3n) is 13.5. The summed E-state index contributed by atoms with van der Waals surface area (Å²) in [6, 6.07) is 33.1. The van der Waals surface area contributed by atoms with Crippen molar-refractivity contribution in [2.45, 2.75) is 135 Å². The third kappa shape index (κ3) is 9.58. The second-order valence-electron chi connectivity index (χ2n) is 17.3. The summed E-state index contributed by atoms with van der Waals surface area (Å²) in [6.07, 6.45) is 16.9. The molecule has 5 aliphatic carbocycles. The summed E-state index contributed by atoms with van der Waals surface area (Å²) in [4.78, 5) is 0. The summed E-state index contributed by atoms with van der Waals surface area (Å²) in [6.45, 7) is 13.6. The fourth-order valence-corrected chi connectivity index (χ4v) is 11.0. The zero-order chi connectivity index (χ0) is 37.5. The molecule has 0 amide bonds. The van der Waals surface area contributed by atoms with Gasteiger partial charge in [0.05, 0.1) is 0 Å². The van der Waals surface area contributed by atoms with Gasteiger partial charge in [0, 0.05) is 9.52 Å². The van der Waals surface area contributed by atoms with Gasteiger partial charge in [0.1, 0.15) is 0 Å². The van der Waals surface area contributed by atoms with E-state index in [1.165, 1.54) is 109 Å². The normalized spacial score (nSPS) is 26.1. The Balaban J connectivity index is 0.000000164. The van der Waals surface area contributed by atoms with Gasteiger partial charge in [0.25, 0.3) is 0 Å². The molecule has 4 bridgehead atoms. The summed E-state index contributed by atoms with van der Waals surface area (Å²) in [5.74, 6) is 5.46. The Morgan fingerprint density at radius 3 is 1.91 bits per heavy atom. The van der Waals surface area contributed by atoms with E-state index in [4.69, 9.17) is 17.0 Å². The molecule has 5 saturated carbocycles. The summed E-state index contributed by atoms with van der Waals surface area (Å²) in [7, 11) is 11.0. The molecule has 1 unspecified atom stereocenters. The number of aryl methyl sites for hydroxylation is 1. The second-order valence-corrected chi connectivity index (χ2v) is 22.0. The van der Waals surface area contributed by atoms with Gasteiger partial charge in [-0.05, 0) is 110 Å². The van der Waals surface area contributed by atoms with Crippen LogP contribution < -0.4 is 0 Å². The first-order chi connectivity index (χ1) is 25.7. The molecule has 5 aliphatic rings. The van der Waals surface area contributed by atoms with Crippen molar-refractivity contribution in [1.29, 1.82) is 0 Å². The Labute approximate surface area is 343 Å². The number of halogens is 2. The molecule has 10 rings (SSSR count). The molecule has 53 heavy (non-hydrogen) atoms. The van der Waals surface area contributed by atoms with Gasteiger partial charge in [-0.2, -0.15) is 12.1 Å². The quantitative estimate of drug-likeness (QED) is 0.118. The van der Waals surface area contributed by atoms with E-state index in [-0.39, 0.29) is 0 Å². The molecular formula is C49H62Cl2SiZr. The van der Waals surface area contributed by atoms with Crippen LogP contribution in [0, 0.1) is 23.7 Å². The minimum atomic E-state index is -0.826. The average molecular weight is 841 g/mol. The molecule has 0 N–H and O–H groups in total.